The standard InChI is InChI=1S/C23H13BrClFN2O/c1-11(29)12-5-7-14-16(9-12)17-10-13(24)6-8-15(17)22-21(14)27-23(28-22)20-18(25)3-2-4-19(20)26/h2-10H,1H3,(H,27,28). The van der Waals surface area contributed by atoms with Gasteiger partial charge in [0.05, 0.1) is 21.6 Å². The lowest BCUT2D eigenvalue weighted by molar-refractivity contribution is 0.101. The van der Waals surface area contributed by atoms with Crippen LogP contribution in [0.2, 0.25) is 5.02 Å². The molecule has 1 aromatic heterocycles. The summed E-state index contributed by atoms with van der Waals surface area (Å²) in [5.41, 5.74) is 2.37. The minimum Gasteiger partial charge on any atom is -0.337 e. The number of benzene rings is 4. The van der Waals surface area contributed by atoms with E-state index in [9.17, 15) is 9.18 Å². The molecule has 0 aliphatic rings. The fourth-order valence-corrected chi connectivity index (χ4v) is 4.37. The first kappa shape index (κ1) is 18.3. The van der Waals surface area contributed by atoms with Crippen LogP contribution in [0.15, 0.2) is 59.1 Å². The summed E-state index contributed by atoms with van der Waals surface area (Å²) in [7, 11) is 0. The fourth-order valence-electron chi connectivity index (χ4n) is 3.76. The highest BCUT2D eigenvalue weighted by molar-refractivity contribution is 9.10. The highest BCUT2D eigenvalue weighted by Gasteiger charge is 2.18. The Labute approximate surface area is 178 Å². The molecule has 6 heteroatoms. The third kappa shape index (κ3) is 2.84. The lowest BCUT2D eigenvalue weighted by Crippen LogP contribution is -1.92. The largest absolute Gasteiger partial charge is 0.337 e. The number of hydrogen-bond donors (Lipinski definition) is 1. The van der Waals surface area contributed by atoms with Gasteiger partial charge in [0, 0.05) is 20.8 Å². The molecule has 0 bridgehead atoms. The van der Waals surface area contributed by atoms with Crippen molar-refractivity contribution in [2.75, 3.05) is 0 Å². The molecule has 0 radical (unpaired) electrons. The molecule has 1 heterocycles. The van der Waals surface area contributed by atoms with Crippen LogP contribution in [0.1, 0.15) is 17.3 Å². The van der Waals surface area contributed by atoms with Gasteiger partial charge in [-0.05, 0) is 48.0 Å². The van der Waals surface area contributed by atoms with Crippen LogP contribution in [0.5, 0.6) is 0 Å². The van der Waals surface area contributed by atoms with E-state index < -0.39 is 5.82 Å². The molecule has 0 aliphatic heterocycles. The number of Topliss-reactive ketones (excluding diaryl/α,β-unsaturated/α-hetero) is 1. The molecule has 0 aliphatic carbocycles. The summed E-state index contributed by atoms with van der Waals surface area (Å²) in [5, 5.41) is 3.99. The molecule has 3 nitrogen and oxygen atoms in total. The van der Waals surface area contributed by atoms with Crippen LogP contribution in [-0.2, 0) is 0 Å². The van der Waals surface area contributed by atoms with E-state index in [2.05, 4.69) is 20.9 Å². The van der Waals surface area contributed by atoms with Crippen LogP contribution in [0.4, 0.5) is 4.39 Å². The summed E-state index contributed by atoms with van der Waals surface area (Å²) in [6.07, 6.45) is 0. The zero-order valence-electron chi connectivity index (χ0n) is 15.2. The number of ketones is 1. The van der Waals surface area contributed by atoms with Crippen LogP contribution in [-0.4, -0.2) is 15.8 Å². The zero-order valence-corrected chi connectivity index (χ0v) is 17.5. The van der Waals surface area contributed by atoms with Crippen LogP contribution in [0.3, 0.4) is 0 Å². The first-order valence-corrected chi connectivity index (χ1v) is 10.1. The number of aromatic amines is 1. The van der Waals surface area contributed by atoms with Gasteiger partial charge in [-0.3, -0.25) is 4.79 Å². The number of imidazole rings is 1. The van der Waals surface area contributed by atoms with Gasteiger partial charge >= 0.3 is 0 Å². The summed E-state index contributed by atoms with van der Waals surface area (Å²) >= 11 is 9.79. The molecule has 1 N–H and O–H groups in total. The second kappa shape index (κ2) is 6.65. The van der Waals surface area contributed by atoms with Crippen LogP contribution in [0, 0.1) is 5.82 Å². The first-order valence-electron chi connectivity index (χ1n) is 8.94. The van der Waals surface area contributed by atoms with E-state index in [1.807, 2.05) is 30.3 Å². The summed E-state index contributed by atoms with van der Waals surface area (Å²) < 4.78 is 15.4. The van der Waals surface area contributed by atoms with Crippen molar-refractivity contribution in [2.45, 2.75) is 6.92 Å². The maximum atomic E-state index is 14.5. The number of nitrogens with zero attached hydrogens (tertiary/aromatic N) is 1. The van der Waals surface area contributed by atoms with E-state index in [0.29, 0.717) is 21.9 Å². The van der Waals surface area contributed by atoms with E-state index in [-0.39, 0.29) is 11.3 Å². The normalized spacial score (nSPS) is 11.6. The zero-order chi connectivity index (χ0) is 20.3. The topological polar surface area (TPSA) is 45.8 Å². The molecule has 5 rings (SSSR count). The molecule has 0 amide bonds. The predicted molar refractivity (Wildman–Crippen MR) is 119 cm³/mol. The average Bonchev–Trinajstić information content (AvgIpc) is 3.12. The molecule has 0 fully saturated rings. The van der Waals surface area contributed by atoms with Crippen LogP contribution in [0.25, 0.3) is 44.0 Å². The summed E-state index contributed by atoms with van der Waals surface area (Å²) in [4.78, 5) is 19.9. The molecule has 0 unspecified atom stereocenters. The molecule has 0 saturated heterocycles. The monoisotopic (exact) mass is 466 g/mol. The van der Waals surface area contributed by atoms with Crippen molar-refractivity contribution in [3.8, 4) is 11.4 Å². The predicted octanol–water partition coefficient (Wildman–Crippen LogP) is 7.29. The average molecular weight is 468 g/mol. The third-order valence-electron chi connectivity index (χ3n) is 5.13. The van der Waals surface area contributed by atoms with E-state index in [1.54, 1.807) is 25.1 Å². The Balaban J connectivity index is 1.96. The third-order valence-corrected chi connectivity index (χ3v) is 5.93. The van der Waals surface area contributed by atoms with Crippen molar-refractivity contribution in [3.05, 3.63) is 75.5 Å². The Kier molecular flexibility index (Phi) is 4.19. The SMILES string of the molecule is CC(=O)c1ccc2c(c1)c1cc(Br)ccc1c1[nH]c(-c3c(F)cccc3Cl)nc21. The van der Waals surface area contributed by atoms with Gasteiger partial charge < -0.3 is 4.98 Å². The van der Waals surface area contributed by atoms with Gasteiger partial charge in [-0.15, -0.1) is 0 Å². The van der Waals surface area contributed by atoms with Gasteiger partial charge in [0.1, 0.15) is 11.6 Å². The van der Waals surface area contributed by atoms with Crippen LogP contribution >= 0.6 is 27.5 Å². The number of fused-ring (bicyclic) bond motifs is 6. The summed E-state index contributed by atoms with van der Waals surface area (Å²) in [6.45, 7) is 1.55. The van der Waals surface area contributed by atoms with Gasteiger partial charge in [-0.25, -0.2) is 9.37 Å². The molecule has 142 valence electrons. The minimum absolute atomic E-state index is 0.00370. The molecular formula is C23H13BrClFN2O. The fraction of sp³-hybridized carbons (Fsp3) is 0.0435. The van der Waals surface area contributed by atoms with Crippen molar-refractivity contribution in [3.63, 3.8) is 0 Å². The van der Waals surface area contributed by atoms with Crippen molar-refractivity contribution < 1.29 is 9.18 Å². The number of hydrogen-bond acceptors (Lipinski definition) is 2. The Morgan fingerprint density at radius 3 is 2.55 bits per heavy atom. The number of carbonyl (C=O) groups is 1. The summed E-state index contributed by atoms with van der Waals surface area (Å²) in [6, 6.07) is 16.1. The second-order valence-corrected chi connectivity index (χ2v) is 8.24. The number of H-pyrrole nitrogens is 1. The maximum absolute atomic E-state index is 14.5. The van der Waals surface area contributed by atoms with Gasteiger partial charge in [-0.2, -0.15) is 0 Å². The van der Waals surface area contributed by atoms with Crippen molar-refractivity contribution in [2.24, 2.45) is 0 Å². The Morgan fingerprint density at radius 2 is 1.79 bits per heavy atom. The number of carbonyl (C=O) groups excluding carboxylic acids is 1. The van der Waals surface area contributed by atoms with Gasteiger partial charge in [0.2, 0.25) is 0 Å². The van der Waals surface area contributed by atoms with Gasteiger partial charge in [0.25, 0.3) is 0 Å². The minimum atomic E-state index is -0.438. The van der Waals surface area contributed by atoms with E-state index >= 15 is 0 Å². The second-order valence-electron chi connectivity index (χ2n) is 6.91. The molecular weight excluding hydrogens is 455 g/mol. The molecule has 5 aromatic rings. The Hall–Kier alpha value is -2.76. The number of halogens is 3. The first-order chi connectivity index (χ1) is 13.9. The van der Waals surface area contributed by atoms with Gasteiger partial charge in [0.15, 0.2) is 5.78 Å². The quantitative estimate of drug-likeness (QED) is 0.219. The maximum Gasteiger partial charge on any atom is 0.159 e. The highest BCUT2D eigenvalue weighted by atomic mass is 79.9. The Bertz CT molecular complexity index is 1450. The van der Waals surface area contributed by atoms with Crippen molar-refractivity contribution in [1.82, 2.24) is 9.97 Å². The number of aromatic nitrogens is 2. The van der Waals surface area contributed by atoms with E-state index in [4.69, 9.17) is 16.6 Å². The smallest absolute Gasteiger partial charge is 0.159 e. The van der Waals surface area contributed by atoms with Crippen molar-refractivity contribution >= 4 is 65.9 Å². The van der Waals surface area contributed by atoms with E-state index in [0.717, 1.165) is 31.5 Å². The van der Waals surface area contributed by atoms with Gasteiger partial charge in [-0.1, -0.05) is 51.8 Å². The molecule has 0 atom stereocenters. The lowest BCUT2D eigenvalue weighted by atomic mass is 9.97. The number of rotatable bonds is 2. The molecule has 0 spiro atoms. The highest BCUT2D eigenvalue weighted by Crippen LogP contribution is 2.38. The van der Waals surface area contributed by atoms with Crippen LogP contribution < -0.4 is 0 Å². The van der Waals surface area contributed by atoms with E-state index in [1.165, 1.54) is 6.07 Å². The Morgan fingerprint density at radius 1 is 1.03 bits per heavy atom. The summed E-state index contributed by atoms with van der Waals surface area (Å²) in [5.74, 6) is -0.0711. The van der Waals surface area contributed by atoms with Crippen molar-refractivity contribution in [1.29, 1.82) is 0 Å². The molecule has 4 aromatic carbocycles. The molecule has 29 heavy (non-hydrogen) atoms. The number of nitrogens with one attached hydrogen (secondary N) is 1. The molecule has 0 saturated carbocycles. The lowest BCUT2D eigenvalue weighted by Gasteiger charge is -2.08.